The number of aromatic carboxylic acids is 1. The van der Waals surface area contributed by atoms with Crippen LogP contribution in [-0.2, 0) is 0 Å². The summed E-state index contributed by atoms with van der Waals surface area (Å²) in [4.78, 5) is 11.4. The summed E-state index contributed by atoms with van der Waals surface area (Å²) in [5.41, 5.74) is 6.49. The quantitative estimate of drug-likeness (QED) is 0.487. The number of thioether (sulfide) groups is 1. The third-order valence-electron chi connectivity index (χ3n) is 2.69. The number of nitrogen functional groups attached to an aromatic ring is 1. The van der Waals surface area contributed by atoms with Crippen LogP contribution in [0.3, 0.4) is 0 Å². The van der Waals surface area contributed by atoms with E-state index in [9.17, 15) is 9.18 Å². The lowest BCUT2D eigenvalue weighted by molar-refractivity contribution is 0.0697. The minimum Gasteiger partial charge on any atom is -0.493 e. The highest BCUT2D eigenvalue weighted by molar-refractivity contribution is 7.99. The number of carboxylic acids is 1. The van der Waals surface area contributed by atoms with Gasteiger partial charge in [-0.1, -0.05) is 0 Å². The molecule has 0 radical (unpaired) electrons. The van der Waals surface area contributed by atoms with Crippen molar-refractivity contribution < 1.29 is 19.0 Å². The number of carbonyl (C=O) groups is 1. The van der Waals surface area contributed by atoms with Gasteiger partial charge in [-0.15, -0.1) is 11.8 Å². The van der Waals surface area contributed by atoms with E-state index in [0.29, 0.717) is 28.7 Å². The van der Waals surface area contributed by atoms with Gasteiger partial charge in [0.25, 0.3) is 0 Å². The molecule has 0 aliphatic carbocycles. The molecule has 2 aromatic carbocycles. The zero-order valence-electron chi connectivity index (χ0n) is 11.1. The first kappa shape index (κ1) is 15.2. The van der Waals surface area contributed by atoms with E-state index in [1.807, 2.05) is 0 Å². The van der Waals surface area contributed by atoms with Crippen LogP contribution in [0, 0.1) is 5.82 Å². The van der Waals surface area contributed by atoms with Gasteiger partial charge in [0.1, 0.15) is 11.6 Å². The fourth-order valence-corrected chi connectivity index (χ4v) is 2.46. The minimum absolute atomic E-state index is 0.212. The van der Waals surface area contributed by atoms with Crippen LogP contribution in [0.4, 0.5) is 10.1 Å². The Morgan fingerprint density at radius 1 is 1.24 bits per heavy atom. The Hall–Kier alpha value is -2.21. The number of hydrogen-bond donors (Lipinski definition) is 2. The van der Waals surface area contributed by atoms with Crippen LogP contribution in [0.1, 0.15) is 10.4 Å². The van der Waals surface area contributed by atoms with Crippen molar-refractivity contribution in [1.82, 2.24) is 0 Å². The van der Waals surface area contributed by atoms with Crippen molar-refractivity contribution >= 4 is 23.4 Å². The van der Waals surface area contributed by atoms with Crippen molar-refractivity contribution in [3.63, 3.8) is 0 Å². The Bertz CT molecular complexity index is 631. The number of benzene rings is 2. The largest absolute Gasteiger partial charge is 0.493 e. The molecule has 2 rings (SSSR count). The zero-order valence-corrected chi connectivity index (χ0v) is 11.9. The third kappa shape index (κ3) is 4.39. The van der Waals surface area contributed by atoms with Crippen molar-refractivity contribution in [3.8, 4) is 5.75 Å². The first-order chi connectivity index (χ1) is 10.1. The van der Waals surface area contributed by atoms with Crippen LogP contribution in [0.25, 0.3) is 0 Å². The maximum Gasteiger partial charge on any atom is 0.335 e. The van der Waals surface area contributed by atoms with Crippen LogP contribution in [0.2, 0.25) is 0 Å². The minimum atomic E-state index is -0.973. The molecule has 3 N–H and O–H groups in total. The van der Waals surface area contributed by atoms with Gasteiger partial charge < -0.3 is 15.6 Å². The fraction of sp³-hybridized carbons (Fsp3) is 0.133. The van der Waals surface area contributed by atoms with E-state index in [1.165, 1.54) is 42.1 Å². The molecular formula is C15H14FNO3S. The summed E-state index contributed by atoms with van der Waals surface area (Å²) >= 11 is 1.40. The molecule has 110 valence electrons. The molecule has 6 heteroatoms. The van der Waals surface area contributed by atoms with Crippen molar-refractivity contribution in [2.75, 3.05) is 18.1 Å². The highest BCUT2D eigenvalue weighted by Crippen LogP contribution is 2.25. The third-order valence-corrected chi connectivity index (χ3v) is 3.72. The SMILES string of the molecule is Nc1ccc(F)cc1SCCOc1ccc(C(=O)O)cc1. The standard InChI is InChI=1S/C15H14FNO3S/c16-11-3-6-13(17)14(9-11)21-8-7-20-12-4-1-10(2-5-12)15(18)19/h1-6,9H,7-8,17H2,(H,18,19). The van der Waals surface area contributed by atoms with Gasteiger partial charge in [0.05, 0.1) is 12.2 Å². The molecule has 0 atom stereocenters. The zero-order chi connectivity index (χ0) is 15.2. The van der Waals surface area contributed by atoms with Gasteiger partial charge in [0.2, 0.25) is 0 Å². The number of rotatable bonds is 6. The first-order valence-corrected chi connectivity index (χ1v) is 7.19. The average Bonchev–Trinajstić information content (AvgIpc) is 2.47. The van der Waals surface area contributed by atoms with Gasteiger partial charge in [-0.3, -0.25) is 0 Å². The van der Waals surface area contributed by atoms with Gasteiger partial charge in [-0.2, -0.15) is 0 Å². The molecule has 2 aromatic rings. The van der Waals surface area contributed by atoms with Crippen molar-refractivity contribution in [2.45, 2.75) is 4.90 Å². The number of carboxylic acid groups (broad SMARTS) is 1. The molecule has 0 aliphatic heterocycles. The Morgan fingerprint density at radius 3 is 2.62 bits per heavy atom. The second kappa shape index (κ2) is 6.99. The molecule has 0 spiro atoms. The molecule has 0 saturated heterocycles. The van der Waals surface area contributed by atoms with Crippen molar-refractivity contribution in [1.29, 1.82) is 0 Å². The summed E-state index contributed by atoms with van der Waals surface area (Å²) < 4.78 is 18.6. The summed E-state index contributed by atoms with van der Waals surface area (Å²) in [6.45, 7) is 0.410. The Kier molecular flexibility index (Phi) is 5.05. The number of ether oxygens (including phenoxy) is 1. The molecule has 4 nitrogen and oxygen atoms in total. The van der Waals surface area contributed by atoms with Gasteiger partial charge in [0, 0.05) is 16.3 Å². The number of halogens is 1. The fourth-order valence-electron chi connectivity index (χ4n) is 1.64. The molecule has 0 amide bonds. The molecule has 0 aromatic heterocycles. The summed E-state index contributed by atoms with van der Waals surface area (Å²) in [5, 5.41) is 8.78. The summed E-state index contributed by atoms with van der Waals surface area (Å²) in [6.07, 6.45) is 0. The summed E-state index contributed by atoms with van der Waals surface area (Å²) in [5.74, 6) is -0.0997. The van der Waals surface area contributed by atoms with Crippen LogP contribution in [0.15, 0.2) is 47.4 Å². The van der Waals surface area contributed by atoms with Crippen LogP contribution in [0.5, 0.6) is 5.75 Å². The van der Waals surface area contributed by atoms with Gasteiger partial charge in [-0.05, 0) is 42.5 Å². The van der Waals surface area contributed by atoms with Gasteiger partial charge >= 0.3 is 5.97 Å². The van der Waals surface area contributed by atoms with Crippen LogP contribution < -0.4 is 10.5 Å². The predicted molar refractivity (Wildman–Crippen MR) is 80.4 cm³/mol. The van der Waals surface area contributed by atoms with E-state index in [-0.39, 0.29) is 11.4 Å². The number of anilines is 1. The first-order valence-electron chi connectivity index (χ1n) is 6.20. The lowest BCUT2D eigenvalue weighted by Crippen LogP contribution is -2.02. The lowest BCUT2D eigenvalue weighted by atomic mass is 10.2. The Labute approximate surface area is 125 Å². The van der Waals surface area contributed by atoms with Crippen LogP contribution >= 0.6 is 11.8 Å². The highest BCUT2D eigenvalue weighted by Gasteiger charge is 2.04. The maximum absolute atomic E-state index is 13.1. The van der Waals surface area contributed by atoms with Gasteiger partial charge in [-0.25, -0.2) is 9.18 Å². The van der Waals surface area contributed by atoms with E-state index in [1.54, 1.807) is 12.1 Å². The van der Waals surface area contributed by atoms with Crippen LogP contribution in [-0.4, -0.2) is 23.4 Å². The maximum atomic E-state index is 13.1. The molecule has 0 unspecified atom stereocenters. The van der Waals surface area contributed by atoms with Crippen molar-refractivity contribution in [2.24, 2.45) is 0 Å². The molecular weight excluding hydrogens is 293 g/mol. The molecule has 0 bridgehead atoms. The van der Waals surface area contributed by atoms with E-state index in [2.05, 4.69) is 0 Å². The van der Waals surface area contributed by atoms with E-state index >= 15 is 0 Å². The molecule has 0 aliphatic rings. The Morgan fingerprint density at radius 2 is 1.95 bits per heavy atom. The van der Waals surface area contributed by atoms with Crippen molar-refractivity contribution in [3.05, 3.63) is 53.8 Å². The predicted octanol–water partition coefficient (Wildman–Crippen LogP) is 3.28. The normalized spacial score (nSPS) is 10.3. The summed E-state index contributed by atoms with van der Waals surface area (Å²) in [7, 11) is 0. The molecule has 0 heterocycles. The number of nitrogens with two attached hydrogens (primary N) is 1. The average molecular weight is 307 g/mol. The molecule has 0 fully saturated rings. The molecule has 21 heavy (non-hydrogen) atoms. The monoisotopic (exact) mass is 307 g/mol. The topological polar surface area (TPSA) is 72.5 Å². The van der Waals surface area contributed by atoms with Gasteiger partial charge in [0.15, 0.2) is 0 Å². The Balaban J connectivity index is 1.81. The highest BCUT2D eigenvalue weighted by atomic mass is 32.2. The smallest absolute Gasteiger partial charge is 0.335 e. The second-order valence-electron chi connectivity index (χ2n) is 4.21. The van der Waals surface area contributed by atoms with E-state index in [4.69, 9.17) is 15.6 Å². The summed E-state index contributed by atoms with van der Waals surface area (Å²) in [6, 6.07) is 10.4. The van der Waals surface area contributed by atoms with E-state index < -0.39 is 5.97 Å². The molecule has 0 saturated carbocycles. The number of hydrogen-bond acceptors (Lipinski definition) is 4. The second-order valence-corrected chi connectivity index (χ2v) is 5.35. The lowest BCUT2D eigenvalue weighted by Gasteiger charge is -2.08. The van der Waals surface area contributed by atoms with E-state index in [0.717, 1.165) is 0 Å².